The van der Waals surface area contributed by atoms with Gasteiger partial charge in [-0.15, -0.1) is 0 Å². The molecule has 0 bridgehead atoms. The summed E-state index contributed by atoms with van der Waals surface area (Å²) in [6, 6.07) is 0.0370. The molecular formula is C15H33N3O3S. The summed E-state index contributed by atoms with van der Waals surface area (Å²) in [5, 5.41) is 15.5. The van der Waals surface area contributed by atoms with Crippen molar-refractivity contribution in [1.29, 1.82) is 0 Å². The average Bonchev–Trinajstić information content (AvgIpc) is 2.42. The first-order valence-electron chi connectivity index (χ1n) is 8.15. The fourth-order valence-electron chi connectivity index (χ4n) is 2.15. The Hall–Kier alpha value is -0.820. The van der Waals surface area contributed by atoms with Crippen LogP contribution in [0.15, 0.2) is 4.99 Å². The van der Waals surface area contributed by atoms with Gasteiger partial charge in [0.15, 0.2) is 5.96 Å². The van der Waals surface area contributed by atoms with E-state index >= 15 is 0 Å². The van der Waals surface area contributed by atoms with Crippen LogP contribution in [-0.4, -0.2) is 57.2 Å². The molecule has 0 radical (unpaired) electrons. The molecule has 0 saturated heterocycles. The normalized spacial score (nSPS) is 15.4. The number of hydrogen-bond donors (Lipinski definition) is 3. The largest absolute Gasteiger partial charge is 0.396 e. The molecule has 0 saturated carbocycles. The molecule has 2 atom stereocenters. The van der Waals surface area contributed by atoms with Gasteiger partial charge >= 0.3 is 0 Å². The molecular weight excluding hydrogens is 302 g/mol. The predicted octanol–water partition coefficient (Wildman–Crippen LogP) is 1.16. The van der Waals surface area contributed by atoms with Crippen LogP contribution in [0.1, 0.15) is 46.5 Å². The number of aliphatic hydroxyl groups is 1. The van der Waals surface area contributed by atoms with Crippen molar-refractivity contribution in [2.75, 3.05) is 31.7 Å². The van der Waals surface area contributed by atoms with Gasteiger partial charge in [-0.05, 0) is 39.0 Å². The van der Waals surface area contributed by atoms with E-state index < -0.39 is 9.84 Å². The highest BCUT2D eigenvalue weighted by Crippen LogP contribution is 2.11. The number of aliphatic hydroxyl groups excluding tert-OH is 1. The van der Waals surface area contributed by atoms with E-state index in [1.807, 2.05) is 13.8 Å². The Kier molecular flexibility index (Phi) is 11.3. The van der Waals surface area contributed by atoms with Gasteiger partial charge in [-0.2, -0.15) is 0 Å². The third-order valence-electron chi connectivity index (χ3n) is 3.39. The minimum absolute atomic E-state index is 0.0370. The maximum absolute atomic E-state index is 11.2. The number of nitrogens with one attached hydrogen (secondary N) is 2. The molecule has 0 aromatic heterocycles. The van der Waals surface area contributed by atoms with Gasteiger partial charge in [-0.3, -0.25) is 4.99 Å². The van der Waals surface area contributed by atoms with Gasteiger partial charge in [0, 0.05) is 32.0 Å². The van der Waals surface area contributed by atoms with Crippen LogP contribution in [0.2, 0.25) is 0 Å². The zero-order chi connectivity index (χ0) is 17.0. The highest BCUT2D eigenvalue weighted by Gasteiger charge is 2.11. The zero-order valence-electron chi connectivity index (χ0n) is 14.4. The topological polar surface area (TPSA) is 90.8 Å². The third-order valence-corrected chi connectivity index (χ3v) is 4.37. The third kappa shape index (κ3) is 11.8. The molecule has 2 unspecified atom stereocenters. The van der Waals surface area contributed by atoms with Crippen molar-refractivity contribution in [3.05, 3.63) is 0 Å². The Morgan fingerprint density at radius 2 is 1.91 bits per heavy atom. The second-order valence-electron chi connectivity index (χ2n) is 5.85. The van der Waals surface area contributed by atoms with Gasteiger partial charge in [0.25, 0.3) is 0 Å². The van der Waals surface area contributed by atoms with E-state index in [-0.39, 0.29) is 18.4 Å². The monoisotopic (exact) mass is 335 g/mol. The van der Waals surface area contributed by atoms with Crippen LogP contribution in [0.5, 0.6) is 0 Å². The first-order chi connectivity index (χ1) is 10.3. The van der Waals surface area contributed by atoms with Crippen molar-refractivity contribution in [3.63, 3.8) is 0 Å². The van der Waals surface area contributed by atoms with Crippen molar-refractivity contribution >= 4 is 15.8 Å². The van der Waals surface area contributed by atoms with Crippen molar-refractivity contribution in [2.45, 2.75) is 52.5 Å². The standard InChI is InChI=1S/C15H33N3O3S/c1-5-7-14(8-10-19)12-17-15(16-6-2)18-13(3)9-11-22(4,20)21/h13-14,19H,5-12H2,1-4H3,(H2,16,17,18). The van der Waals surface area contributed by atoms with E-state index in [1.54, 1.807) is 0 Å². The maximum atomic E-state index is 11.2. The Morgan fingerprint density at radius 3 is 2.41 bits per heavy atom. The Bertz CT molecular complexity index is 404. The van der Waals surface area contributed by atoms with Crippen molar-refractivity contribution in [1.82, 2.24) is 10.6 Å². The maximum Gasteiger partial charge on any atom is 0.191 e. The van der Waals surface area contributed by atoms with Crippen LogP contribution in [0.3, 0.4) is 0 Å². The van der Waals surface area contributed by atoms with E-state index in [0.29, 0.717) is 24.8 Å². The number of sulfone groups is 1. The number of aliphatic imine (C=N–C) groups is 1. The first-order valence-corrected chi connectivity index (χ1v) is 10.2. The summed E-state index contributed by atoms with van der Waals surface area (Å²) in [6.45, 7) is 7.69. The molecule has 22 heavy (non-hydrogen) atoms. The number of rotatable bonds is 11. The average molecular weight is 336 g/mol. The zero-order valence-corrected chi connectivity index (χ0v) is 15.2. The summed E-state index contributed by atoms with van der Waals surface area (Å²) >= 11 is 0. The van der Waals surface area contributed by atoms with Gasteiger partial charge in [-0.25, -0.2) is 8.42 Å². The van der Waals surface area contributed by atoms with E-state index in [1.165, 1.54) is 6.26 Å². The van der Waals surface area contributed by atoms with Gasteiger partial charge in [0.1, 0.15) is 9.84 Å². The minimum Gasteiger partial charge on any atom is -0.396 e. The highest BCUT2D eigenvalue weighted by atomic mass is 32.2. The molecule has 6 nitrogen and oxygen atoms in total. The summed E-state index contributed by atoms with van der Waals surface area (Å²) < 4.78 is 22.4. The Balaban J connectivity index is 4.51. The van der Waals surface area contributed by atoms with Gasteiger partial charge in [0.2, 0.25) is 0 Å². The molecule has 0 aliphatic rings. The molecule has 132 valence electrons. The molecule has 0 aliphatic heterocycles. The number of guanidine groups is 1. The van der Waals surface area contributed by atoms with Gasteiger partial charge in [0.05, 0.1) is 5.75 Å². The lowest BCUT2D eigenvalue weighted by molar-refractivity contribution is 0.253. The molecule has 0 aromatic rings. The molecule has 7 heteroatoms. The SMILES string of the molecule is CCCC(CCO)CN=C(NCC)NC(C)CCS(C)(=O)=O. The second-order valence-corrected chi connectivity index (χ2v) is 8.11. The summed E-state index contributed by atoms with van der Waals surface area (Å²) in [6.07, 6.45) is 4.70. The van der Waals surface area contributed by atoms with Crippen LogP contribution in [0, 0.1) is 5.92 Å². The first kappa shape index (κ1) is 21.2. The van der Waals surface area contributed by atoms with Gasteiger partial charge < -0.3 is 15.7 Å². The fourth-order valence-corrected chi connectivity index (χ4v) is 2.94. The highest BCUT2D eigenvalue weighted by molar-refractivity contribution is 7.90. The summed E-state index contributed by atoms with van der Waals surface area (Å²) in [5.74, 6) is 1.27. The molecule has 0 fully saturated rings. The minimum atomic E-state index is -2.94. The van der Waals surface area contributed by atoms with Gasteiger partial charge in [-0.1, -0.05) is 13.3 Å². The van der Waals surface area contributed by atoms with E-state index in [0.717, 1.165) is 25.8 Å². The van der Waals surface area contributed by atoms with Crippen LogP contribution < -0.4 is 10.6 Å². The Morgan fingerprint density at radius 1 is 1.23 bits per heavy atom. The van der Waals surface area contributed by atoms with Crippen molar-refractivity contribution in [2.24, 2.45) is 10.9 Å². The van der Waals surface area contributed by atoms with E-state index in [9.17, 15) is 8.42 Å². The smallest absolute Gasteiger partial charge is 0.191 e. The fraction of sp³-hybridized carbons (Fsp3) is 0.933. The quantitative estimate of drug-likeness (QED) is 0.389. The van der Waals surface area contributed by atoms with Crippen LogP contribution in [0.4, 0.5) is 0 Å². The number of hydrogen-bond acceptors (Lipinski definition) is 4. The molecule has 0 spiro atoms. The lowest BCUT2D eigenvalue weighted by Gasteiger charge is -2.19. The van der Waals surface area contributed by atoms with Crippen molar-refractivity contribution in [3.8, 4) is 0 Å². The molecule has 3 N–H and O–H groups in total. The molecule has 0 aromatic carbocycles. The molecule has 0 rings (SSSR count). The summed E-state index contributed by atoms with van der Waals surface area (Å²) in [4.78, 5) is 4.57. The van der Waals surface area contributed by atoms with E-state index in [2.05, 4.69) is 22.5 Å². The Labute approximate surface area is 135 Å². The van der Waals surface area contributed by atoms with Crippen LogP contribution >= 0.6 is 0 Å². The van der Waals surface area contributed by atoms with Crippen molar-refractivity contribution < 1.29 is 13.5 Å². The predicted molar refractivity (Wildman–Crippen MR) is 93.0 cm³/mol. The lowest BCUT2D eigenvalue weighted by Crippen LogP contribution is -2.43. The summed E-state index contributed by atoms with van der Waals surface area (Å²) in [7, 11) is -2.94. The van der Waals surface area contributed by atoms with Crippen LogP contribution in [0.25, 0.3) is 0 Å². The molecule has 0 amide bonds. The van der Waals surface area contributed by atoms with Crippen LogP contribution in [-0.2, 0) is 9.84 Å². The molecule has 0 heterocycles. The van der Waals surface area contributed by atoms with E-state index in [4.69, 9.17) is 5.11 Å². The molecule has 0 aliphatic carbocycles. The second kappa shape index (κ2) is 11.7. The lowest BCUT2D eigenvalue weighted by atomic mass is 10.0. The summed E-state index contributed by atoms with van der Waals surface area (Å²) in [5.41, 5.74) is 0. The number of nitrogens with zero attached hydrogens (tertiary/aromatic N) is 1.